The summed E-state index contributed by atoms with van der Waals surface area (Å²) in [4.78, 5) is 27.5. The Morgan fingerprint density at radius 1 is 0.771 bits per heavy atom. The third-order valence-corrected chi connectivity index (χ3v) is 8.52. The van der Waals surface area contributed by atoms with Gasteiger partial charge in [0.2, 0.25) is 5.75 Å². The Hall–Kier alpha value is -2.28. The molecule has 2 aliphatic carbocycles. The molecule has 35 heavy (non-hydrogen) atoms. The predicted octanol–water partition coefficient (Wildman–Crippen LogP) is 4.93. The van der Waals surface area contributed by atoms with Crippen LogP contribution in [0.3, 0.4) is 0 Å². The molecular weight excluding hydrogens is 446 g/mol. The maximum absolute atomic E-state index is 14.4. The van der Waals surface area contributed by atoms with Crippen LogP contribution in [-0.2, 0) is 19.7 Å². The van der Waals surface area contributed by atoms with Crippen LogP contribution in [0, 0.1) is 11.8 Å². The summed E-state index contributed by atoms with van der Waals surface area (Å²) in [6, 6.07) is 3.41. The molecule has 1 aromatic rings. The van der Waals surface area contributed by atoms with Crippen molar-refractivity contribution in [3.63, 3.8) is 0 Å². The minimum absolute atomic E-state index is 0.0989. The minimum Gasteiger partial charge on any atom is -0.493 e. The van der Waals surface area contributed by atoms with Gasteiger partial charge in [-0.3, -0.25) is 4.79 Å². The maximum Gasteiger partial charge on any atom is 0.330 e. The van der Waals surface area contributed by atoms with Gasteiger partial charge in [-0.25, -0.2) is 4.79 Å². The van der Waals surface area contributed by atoms with E-state index in [-0.39, 0.29) is 11.8 Å². The van der Waals surface area contributed by atoms with Gasteiger partial charge in [-0.2, -0.15) is 0 Å². The molecule has 4 rings (SSSR count). The first kappa shape index (κ1) is 25.8. The first-order valence-electron chi connectivity index (χ1n) is 13.4. The van der Waals surface area contributed by atoms with Gasteiger partial charge < -0.3 is 24.3 Å². The molecule has 0 spiro atoms. The number of benzene rings is 1. The van der Waals surface area contributed by atoms with Crippen LogP contribution in [-0.4, -0.2) is 45.9 Å². The summed E-state index contributed by atoms with van der Waals surface area (Å²) in [5.41, 5.74) is -0.103. The molecule has 1 unspecified atom stereocenters. The lowest BCUT2D eigenvalue weighted by molar-refractivity contribution is -0.170. The van der Waals surface area contributed by atoms with Crippen molar-refractivity contribution >= 4 is 11.9 Å². The van der Waals surface area contributed by atoms with E-state index >= 15 is 0 Å². The van der Waals surface area contributed by atoms with Gasteiger partial charge in [0.05, 0.1) is 26.7 Å². The van der Waals surface area contributed by atoms with Crippen LogP contribution in [0.2, 0.25) is 0 Å². The van der Waals surface area contributed by atoms with Gasteiger partial charge in [0.15, 0.2) is 11.5 Å². The number of methoxy groups -OCH3 is 3. The highest BCUT2D eigenvalue weighted by atomic mass is 16.6. The van der Waals surface area contributed by atoms with Crippen LogP contribution < -0.4 is 19.5 Å². The molecular formula is C28H41NO6. The van der Waals surface area contributed by atoms with Crippen molar-refractivity contribution in [2.24, 2.45) is 11.8 Å². The zero-order chi connectivity index (χ0) is 24.8. The molecule has 194 valence electrons. The Morgan fingerprint density at radius 3 is 1.80 bits per heavy atom. The van der Waals surface area contributed by atoms with Crippen LogP contribution in [0.1, 0.15) is 82.6 Å². The Labute approximate surface area is 209 Å². The highest BCUT2D eigenvalue weighted by molar-refractivity contribution is 5.95. The van der Waals surface area contributed by atoms with E-state index in [0.717, 1.165) is 76.3 Å². The first-order valence-corrected chi connectivity index (χ1v) is 13.4. The Kier molecular flexibility index (Phi) is 8.58. The summed E-state index contributed by atoms with van der Waals surface area (Å²) in [5.74, 6) is 0.901. The molecule has 1 aliphatic heterocycles. The second-order valence-electron chi connectivity index (χ2n) is 10.3. The van der Waals surface area contributed by atoms with Crippen molar-refractivity contribution in [1.29, 1.82) is 0 Å². The minimum atomic E-state index is -0.923. The summed E-state index contributed by atoms with van der Waals surface area (Å²) in [6.07, 6.45) is 12.0. The number of rotatable bonds is 8. The number of carbonyl (C=O) groups excluding carboxylic acids is 2. The van der Waals surface area contributed by atoms with E-state index in [2.05, 4.69) is 5.32 Å². The fourth-order valence-electron chi connectivity index (χ4n) is 6.81. The third kappa shape index (κ3) is 5.02. The number of carbonyl (C=O) groups is 2. The van der Waals surface area contributed by atoms with Crippen LogP contribution in [0.4, 0.5) is 0 Å². The molecule has 7 nitrogen and oxygen atoms in total. The fraction of sp³-hybridized carbons (Fsp3) is 0.714. The van der Waals surface area contributed by atoms with E-state index in [1.807, 2.05) is 12.1 Å². The Balaban J connectivity index is 1.83. The van der Waals surface area contributed by atoms with Crippen LogP contribution in [0.5, 0.6) is 17.2 Å². The highest BCUT2D eigenvalue weighted by Gasteiger charge is 2.55. The predicted molar refractivity (Wildman–Crippen MR) is 133 cm³/mol. The van der Waals surface area contributed by atoms with Crippen molar-refractivity contribution in [2.75, 3.05) is 27.9 Å². The van der Waals surface area contributed by atoms with Crippen LogP contribution >= 0.6 is 0 Å². The topological polar surface area (TPSA) is 83.1 Å². The van der Waals surface area contributed by atoms with Crippen molar-refractivity contribution in [2.45, 2.75) is 88.5 Å². The quantitative estimate of drug-likeness (QED) is 0.411. The summed E-state index contributed by atoms with van der Waals surface area (Å²) >= 11 is 0. The number of piperidine rings is 1. The number of hydrogen-bond donors (Lipinski definition) is 1. The largest absolute Gasteiger partial charge is 0.493 e. The van der Waals surface area contributed by atoms with Gasteiger partial charge in [0.25, 0.3) is 0 Å². The van der Waals surface area contributed by atoms with E-state index in [4.69, 9.17) is 18.9 Å². The summed E-state index contributed by atoms with van der Waals surface area (Å²) < 4.78 is 22.8. The van der Waals surface area contributed by atoms with E-state index in [0.29, 0.717) is 23.7 Å². The zero-order valence-corrected chi connectivity index (χ0v) is 21.5. The van der Waals surface area contributed by atoms with Crippen LogP contribution in [0.15, 0.2) is 12.1 Å². The molecule has 0 radical (unpaired) electrons. The highest BCUT2D eigenvalue weighted by Crippen LogP contribution is 2.54. The number of nitrogens with one attached hydrogen (secondary N) is 1. The molecule has 3 fully saturated rings. The van der Waals surface area contributed by atoms with Crippen LogP contribution in [0.25, 0.3) is 0 Å². The monoisotopic (exact) mass is 487 g/mol. The van der Waals surface area contributed by atoms with Gasteiger partial charge in [-0.1, -0.05) is 38.5 Å². The van der Waals surface area contributed by atoms with Crippen molar-refractivity contribution in [3.8, 4) is 17.2 Å². The standard InChI is InChI=1S/C28H41NO6/c1-32-23-17-21(18-24(33-2)25(23)34-3)28(20-13-7-8-14-20,19-11-5-4-6-12-19)27(31)35-26(30)22-15-9-10-16-29-22/h17-20,22,29H,4-16H2,1-3H3/t22?,28-/m1/s1. The third-order valence-electron chi connectivity index (χ3n) is 8.52. The van der Waals surface area contributed by atoms with Gasteiger partial charge in [0.1, 0.15) is 6.04 Å². The number of ether oxygens (including phenoxy) is 4. The second kappa shape index (κ2) is 11.6. The normalized spacial score (nSPS) is 23.3. The SMILES string of the molecule is COc1cc([C@@](C(=O)OC(=O)C2CCCCN2)(C2CCCCC2)C2CCCC2)cc(OC)c1OC. The van der Waals surface area contributed by atoms with E-state index in [1.54, 1.807) is 21.3 Å². The Bertz CT molecular complexity index is 858. The second-order valence-corrected chi connectivity index (χ2v) is 10.3. The maximum atomic E-state index is 14.4. The van der Waals surface area contributed by atoms with Gasteiger partial charge in [-0.15, -0.1) is 0 Å². The van der Waals surface area contributed by atoms with Gasteiger partial charge in [0, 0.05) is 0 Å². The molecule has 1 N–H and O–H groups in total. The van der Waals surface area contributed by atoms with E-state index in [1.165, 1.54) is 6.42 Å². The smallest absolute Gasteiger partial charge is 0.330 e. The van der Waals surface area contributed by atoms with E-state index < -0.39 is 23.4 Å². The number of esters is 2. The molecule has 7 heteroatoms. The molecule has 2 atom stereocenters. The molecule has 1 aromatic carbocycles. The van der Waals surface area contributed by atoms with Crippen molar-refractivity contribution in [3.05, 3.63) is 17.7 Å². The molecule has 1 heterocycles. The van der Waals surface area contributed by atoms with Crippen molar-refractivity contribution in [1.82, 2.24) is 5.32 Å². The average Bonchev–Trinajstić information content (AvgIpc) is 3.44. The first-order chi connectivity index (χ1) is 17.1. The summed E-state index contributed by atoms with van der Waals surface area (Å²) in [6.45, 7) is 0.775. The molecule has 3 aliphatic rings. The zero-order valence-electron chi connectivity index (χ0n) is 21.5. The lowest BCUT2D eigenvalue weighted by Gasteiger charge is -2.45. The molecule has 0 amide bonds. The summed E-state index contributed by atoms with van der Waals surface area (Å²) in [7, 11) is 4.76. The Morgan fingerprint density at radius 2 is 1.31 bits per heavy atom. The molecule has 1 saturated heterocycles. The number of hydrogen-bond acceptors (Lipinski definition) is 7. The fourth-order valence-corrected chi connectivity index (χ4v) is 6.81. The molecule has 0 bridgehead atoms. The molecule has 0 aromatic heterocycles. The molecule has 2 saturated carbocycles. The van der Waals surface area contributed by atoms with Crippen molar-refractivity contribution < 1.29 is 28.5 Å². The van der Waals surface area contributed by atoms with Gasteiger partial charge >= 0.3 is 11.9 Å². The lowest BCUT2D eigenvalue weighted by atomic mass is 9.58. The summed E-state index contributed by atoms with van der Waals surface area (Å²) in [5, 5.41) is 3.23. The van der Waals surface area contributed by atoms with E-state index in [9.17, 15) is 9.59 Å². The van der Waals surface area contributed by atoms with Gasteiger partial charge in [-0.05, 0) is 74.6 Å². The average molecular weight is 488 g/mol. The lowest BCUT2D eigenvalue weighted by Crippen LogP contribution is -2.52.